The molecule has 0 fully saturated rings. The fraction of sp³-hybridized carbons (Fsp3) is 0.250. The summed E-state index contributed by atoms with van der Waals surface area (Å²) in [5.41, 5.74) is 7.38. The van der Waals surface area contributed by atoms with Crippen LogP contribution in [0.25, 0.3) is 11.1 Å². The van der Waals surface area contributed by atoms with Gasteiger partial charge in [0.15, 0.2) is 0 Å². The SMILES string of the molecule is Bc1cncc(-c2cc3c4c(c2)CCN4C(=O)CC3)c1. The van der Waals surface area contributed by atoms with E-state index in [0.717, 1.165) is 19.4 Å². The number of nitrogens with zero attached hydrogens (tertiary/aromatic N) is 2. The highest BCUT2D eigenvalue weighted by atomic mass is 16.2. The van der Waals surface area contributed by atoms with Crippen LogP contribution in [0.3, 0.4) is 0 Å². The third-order valence-electron chi connectivity index (χ3n) is 4.26. The van der Waals surface area contributed by atoms with Crippen molar-refractivity contribution >= 4 is 24.9 Å². The summed E-state index contributed by atoms with van der Waals surface area (Å²) in [4.78, 5) is 18.2. The number of hydrogen-bond acceptors (Lipinski definition) is 2. The van der Waals surface area contributed by atoms with Gasteiger partial charge in [-0.2, -0.15) is 0 Å². The molecule has 0 N–H and O–H groups in total. The zero-order chi connectivity index (χ0) is 13.7. The Kier molecular flexibility index (Phi) is 2.46. The van der Waals surface area contributed by atoms with Gasteiger partial charge in [0.1, 0.15) is 7.85 Å². The molecule has 0 spiro atoms. The predicted molar refractivity (Wildman–Crippen MR) is 82.2 cm³/mol. The van der Waals surface area contributed by atoms with E-state index < -0.39 is 0 Å². The molecule has 3 heterocycles. The zero-order valence-corrected chi connectivity index (χ0v) is 11.5. The maximum atomic E-state index is 11.9. The van der Waals surface area contributed by atoms with Crippen LogP contribution in [0.5, 0.6) is 0 Å². The first-order valence-corrected chi connectivity index (χ1v) is 7.10. The molecule has 0 radical (unpaired) electrons. The summed E-state index contributed by atoms with van der Waals surface area (Å²) >= 11 is 0. The van der Waals surface area contributed by atoms with Gasteiger partial charge in [0, 0.05) is 25.4 Å². The average molecular weight is 262 g/mol. The Morgan fingerprint density at radius 2 is 1.80 bits per heavy atom. The lowest BCUT2D eigenvalue weighted by Gasteiger charge is -2.25. The molecule has 2 aliphatic heterocycles. The van der Waals surface area contributed by atoms with Crippen molar-refractivity contribution in [2.45, 2.75) is 19.3 Å². The van der Waals surface area contributed by atoms with Gasteiger partial charge in [0.25, 0.3) is 0 Å². The number of rotatable bonds is 1. The third-order valence-corrected chi connectivity index (χ3v) is 4.26. The van der Waals surface area contributed by atoms with Crippen LogP contribution >= 0.6 is 0 Å². The number of aryl methyl sites for hydroxylation is 1. The van der Waals surface area contributed by atoms with Gasteiger partial charge in [0.2, 0.25) is 5.91 Å². The zero-order valence-electron chi connectivity index (χ0n) is 11.5. The third kappa shape index (κ3) is 1.68. The molecule has 3 nitrogen and oxygen atoms in total. The van der Waals surface area contributed by atoms with E-state index in [0.29, 0.717) is 6.42 Å². The predicted octanol–water partition coefficient (Wildman–Crippen LogP) is 0.842. The monoisotopic (exact) mass is 262 g/mol. The molecule has 0 saturated heterocycles. The molecule has 2 aromatic rings. The molecule has 0 unspecified atom stereocenters. The van der Waals surface area contributed by atoms with Crippen LogP contribution in [-0.2, 0) is 17.6 Å². The lowest BCUT2D eigenvalue weighted by atomic mass is 9.91. The molecular formula is C16H15BN2O. The number of carbonyl (C=O) groups is 1. The van der Waals surface area contributed by atoms with Gasteiger partial charge in [-0.1, -0.05) is 11.5 Å². The highest BCUT2D eigenvalue weighted by Gasteiger charge is 2.31. The molecule has 0 aliphatic carbocycles. The van der Waals surface area contributed by atoms with Crippen LogP contribution in [0.15, 0.2) is 30.6 Å². The fourth-order valence-electron chi connectivity index (χ4n) is 3.34. The van der Waals surface area contributed by atoms with E-state index in [-0.39, 0.29) is 5.91 Å². The standard InChI is InChI=1S/C16H15BN2O/c17-14-7-13(8-18-9-14)12-5-10-1-2-15(20)19-4-3-11(6-12)16(10)19/h5-9H,1-4,17H2. The van der Waals surface area contributed by atoms with E-state index in [4.69, 9.17) is 0 Å². The van der Waals surface area contributed by atoms with Crippen LogP contribution in [0.1, 0.15) is 17.5 Å². The van der Waals surface area contributed by atoms with Crippen molar-refractivity contribution in [3.8, 4) is 11.1 Å². The minimum Gasteiger partial charge on any atom is -0.312 e. The van der Waals surface area contributed by atoms with Gasteiger partial charge in [0.05, 0.1) is 5.69 Å². The van der Waals surface area contributed by atoms with Crippen LogP contribution in [-0.4, -0.2) is 25.3 Å². The van der Waals surface area contributed by atoms with Gasteiger partial charge in [-0.3, -0.25) is 9.78 Å². The van der Waals surface area contributed by atoms with Crippen LogP contribution in [0.4, 0.5) is 5.69 Å². The molecule has 2 aliphatic rings. The Morgan fingerprint density at radius 3 is 2.60 bits per heavy atom. The Hall–Kier alpha value is -2.10. The van der Waals surface area contributed by atoms with E-state index in [1.807, 2.05) is 17.3 Å². The topological polar surface area (TPSA) is 33.2 Å². The van der Waals surface area contributed by atoms with Crippen molar-refractivity contribution in [3.05, 3.63) is 41.7 Å². The molecule has 4 heteroatoms. The Balaban J connectivity index is 1.87. The maximum absolute atomic E-state index is 11.9. The molecule has 1 aromatic carbocycles. The molecule has 0 bridgehead atoms. The van der Waals surface area contributed by atoms with E-state index in [2.05, 4.69) is 31.0 Å². The molecular weight excluding hydrogens is 247 g/mol. The number of benzene rings is 1. The quantitative estimate of drug-likeness (QED) is 0.713. The first-order chi connectivity index (χ1) is 9.72. The molecule has 20 heavy (non-hydrogen) atoms. The van der Waals surface area contributed by atoms with Crippen molar-refractivity contribution in [2.75, 3.05) is 11.4 Å². The van der Waals surface area contributed by atoms with Crippen molar-refractivity contribution < 1.29 is 4.79 Å². The second-order valence-corrected chi connectivity index (χ2v) is 5.69. The second-order valence-electron chi connectivity index (χ2n) is 5.69. The number of amides is 1. The van der Waals surface area contributed by atoms with Crippen molar-refractivity contribution in [2.24, 2.45) is 0 Å². The van der Waals surface area contributed by atoms with Crippen LogP contribution < -0.4 is 10.4 Å². The van der Waals surface area contributed by atoms with Crippen molar-refractivity contribution in [1.29, 1.82) is 0 Å². The number of pyridine rings is 1. The molecule has 0 atom stereocenters. The first kappa shape index (κ1) is 11.7. The fourth-order valence-corrected chi connectivity index (χ4v) is 3.34. The summed E-state index contributed by atoms with van der Waals surface area (Å²) in [7, 11) is 2.06. The van der Waals surface area contributed by atoms with Gasteiger partial charge < -0.3 is 4.90 Å². The van der Waals surface area contributed by atoms with Crippen LogP contribution in [0, 0.1) is 0 Å². The Labute approximate surface area is 119 Å². The second kappa shape index (κ2) is 4.20. The molecule has 98 valence electrons. The van der Waals surface area contributed by atoms with E-state index in [9.17, 15) is 4.79 Å². The van der Waals surface area contributed by atoms with Gasteiger partial charge >= 0.3 is 0 Å². The summed E-state index contributed by atoms with van der Waals surface area (Å²) in [6, 6.07) is 6.63. The number of hydrogen-bond donors (Lipinski definition) is 0. The number of aromatic nitrogens is 1. The van der Waals surface area contributed by atoms with Gasteiger partial charge in [-0.25, -0.2) is 0 Å². The molecule has 1 amide bonds. The Bertz CT molecular complexity index is 726. The number of anilines is 1. The molecule has 4 rings (SSSR count). The van der Waals surface area contributed by atoms with E-state index >= 15 is 0 Å². The minimum atomic E-state index is 0.279. The van der Waals surface area contributed by atoms with Gasteiger partial charge in [-0.15, -0.1) is 0 Å². The van der Waals surface area contributed by atoms with E-state index in [1.54, 1.807) is 0 Å². The first-order valence-electron chi connectivity index (χ1n) is 7.10. The molecule has 1 aromatic heterocycles. The van der Waals surface area contributed by atoms with Crippen molar-refractivity contribution in [3.63, 3.8) is 0 Å². The maximum Gasteiger partial charge on any atom is 0.227 e. The van der Waals surface area contributed by atoms with Crippen molar-refractivity contribution in [1.82, 2.24) is 4.98 Å². The Morgan fingerprint density at radius 1 is 1.00 bits per heavy atom. The van der Waals surface area contributed by atoms with E-state index in [1.165, 1.54) is 33.4 Å². The van der Waals surface area contributed by atoms with Gasteiger partial charge in [-0.05, 0) is 47.2 Å². The molecule has 0 saturated carbocycles. The smallest absolute Gasteiger partial charge is 0.227 e. The summed E-state index contributed by atoms with van der Waals surface area (Å²) in [6.45, 7) is 0.844. The highest BCUT2D eigenvalue weighted by Crippen LogP contribution is 2.39. The summed E-state index contributed by atoms with van der Waals surface area (Å²) in [5.74, 6) is 0.279. The van der Waals surface area contributed by atoms with Crippen LogP contribution in [0.2, 0.25) is 0 Å². The minimum absolute atomic E-state index is 0.279. The average Bonchev–Trinajstić information content (AvgIpc) is 2.88. The summed E-state index contributed by atoms with van der Waals surface area (Å²) in [6.07, 6.45) is 6.28. The lowest BCUT2D eigenvalue weighted by Crippen LogP contribution is -2.32. The highest BCUT2D eigenvalue weighted by molar-refractivity contribution is 6.32. The summed E-state index contributed by atoms with van der Waals surface area (Å²) < 4.78 is 0. The lowest BCUT2D eigenvalue weighted by molar-refractivity contribution is -0.118. The largest absolute Gasteiger partial charge is 0.312 e. The summed E-state index contributed by atoms with van der Waals surface area (Å²) in [5, 5.41) is 0. The normalized spacial score (nSPS) is 16.4. The number of carbonyl (C=O) groups excluding carboxylic acids is 1.